The largest absolute Gasteiger partial charge is 0.454 e. The molecule has 12 aromatic rings. The van der Waals surface area contributed by atoms with Crippen LogP contribution in [0.5, 0.6) is 0 Å². The molecule has 0 amide bonds. The van der Waals surface area contributed by atoms with Crippen molar-refractivity contribution in [1.82, 2.24) is 24.1 Å². The number of nitrogens with zero attached hydrogens (tertiary/aromatic N) is 5. The van der Waals surface area contributed by atoms with Gasteiger partial charge in [-0.25, -0.2) is 15.0 Å². The lowest BCUT2D eigenvalue weighted by molar-refractivity contribution is 0.666. The molecule has 6 nitrogen and oxygen atoms in total. The van der Waals surface area contributed by atoms with Crippen LogP contribution in [0.3, 0.4) is 0 Å². The molecule has 0 atom stereocenters. The molecule has 0 unspecified atom stereocenters. The second kappa shape index (κ2) is 12.6. The molecule has 0 aliphatic carbocycles. The van der Waals surface area contributed by atoms with Crippen molar-refractivity contribution in [2.75, 3.05) is 0 Å². The molecule has 8 aromatic carbocycles. The van der Waals surface area contributed by atoms with Gasteiger partial charge in [0.2, 0.25) is 0 Å². The van der Waals surface area contributed by atoms with Gasteiger partial charge in [-0.1, -0.05) is 152 Å². The lowest BCUT2D eigenvalue weighted by Crippen LogP contribution is -2.10. The zero-order chi connectivity index (χ0) is 38.3. The van der Waals surface area contributed by atoms with Crippen LogP contribution in [-0.4, -0.2) is 24.1 Å². The zero-order valence-corrected chi connectivity index (χ0v) is 31.5. The molecular weight excluding hydrogens is 711 g/mol. The van der Waals surface area contributed by atoms with E-state index in [-0.39, 0.29) is 0 Å². The average Bonchev–Trinajstić information content (AvgIpc) is 3.95. The third-order valence-electron chi connectivity index (χ3n) is 11.6. The standard InChI is InChI=1S/C52H33N5O/c1-32-45-39-26-12-17-31-44(39)58-49(45)48(57-42-29-15-10-24-37(42)38-25-11-16-30-43(38)57)47(56-40-27-13-8-22-35(40)36-23-9-14-28-41(36)56)46(32)52-54-50(33-18-4-2-5-19-33)53-51(55-52)34-20-6-3-7-21-34/h2-31H,1H3. The molecule has 0 N–H and O–H groups in total. The van der Waals surface area contributed by atoms with E-state index in [4.69, 9.17) is 19.4 Å². The highest BCUT2D eigenvalue weighted by molar-refractivity contribution is 6.18. The van der Waals surface area contributed by atoms with Gasteiger partial charge in [0.1, 0.15) is 11.3 Å². The van der Waals surface area contributed by atoms with Gasteiger partial charge in [-0.3, -0.25) is 0 Å². The molecule has 0 radical (unpaired) electrons. The molecule has 0 aliphatic heterocycles. The summed E-state index contributed by atoms with van der Waals surface area (Å²) in [5.74, 6) is 1.79. The van der Waals surface area contributed by atoms with Crippen LogP contribution in [0.4, 0.5) is 0 Å². The predicted molar refractivity (Wildman–Crippen MR) is 237 cm³/mol. The Kier molecular flexibility index (Phi) is 7.04. The van der Waals surface area contributed by atoms with Crippen LogP contribution < -0.4 is 0 Å². The number of para-hydroxylation sites is 5. The number of hydrogen-bond donors (Lipinski definition) is 0. The fourth-order valence-corrected chi connectivity index (χ4v) is 9.06. The van der Waals surface area contributed by atoms with E-state index in [1.54, 1.807) is 0 Å². The van der Waals surface area contributed by atoms with E-state index in [9.17, 15) is 0 Å². The molecule has 4 aromatic heterocycles. The highest BCUT2D eigenvalue weighted by atomic mass is 16.3. The van der Waals surface area contributed by atoms with Crippen LogP contribution in [0, 0.1) is 6.92 Å². The smallest absolute Gasteiger partial charge is 0.166 e. The van der Waals surface area contributed by atoms with Crippen LogP contribution in [0.2, 0.25) is 0 Å². The van der Waals surface area contributed by atoms with Crippen LogP contribution in [0.15, 0.2) is 186 Å². The maximum atomic E-state index is 7.14. The second-order valence-corrected chi connectivity index (χ2v) is 14.8. The monoisotopic (exact) mass is 743 g/mol. The third-order valence-corrected chi connectivity index (χ3v) is 11.6. The van der Waals surface area contributed by atoms with Gasteiger partial charge >= 0.3 is 0 Å². The van der Waals surface area contributed by atoms with Crippen LogP contribution in [0.1, 0.15) is 5.56 Å². The Balaban J connectivity index is 1.36. The molecule has 0 spiro atoms. The summed E-state index contributed by atoms with van der Waals surface area (Å²) in [6, 6.07) is 63.4. The molecule has 12 rings (SSSR count). The van der Waals surface area contributed by atoms with E-state index in [0.717, 1.165) is 99.2 Å². The van der Waals surface area contributed by atoms with Gasteiger partial charge in [0.15, 0.2) is 23.1 Å². The molecule has 0 saturated heterocycles. The van der Waals surface area contributed by atoms with E-state index in [2.05, 4.69) is 156 Å². The van der Waals surface area contributed by atoms with Crippen molar-refractivity contribution in [1.29, 1.82) is 0 Å². The summed E-state index contributed by atoms with van der Waals surface area (Å²) in [5, 5.41) is 6.70. The van der Waals surface area contributed by atoms with Crippen molar-refractivity contribution in [2.24, 2.45) is 0 Å². The molecule has 58 heavy (non-hydrogen) atoms. The SMILES string of the molecule is Cc1c(-c2nc(-c3ccccc3)nc(-c3ccccc3)n2)c(-n2c3ccccc3c3ccccc32)c(-n2c3ccccc3c3ccccc32)c2oc3ccccc3c12. The van der Waals surface area contributed by atoms with Crippen LogP contribution >= 0.6 is 0 Å². The summed E-state index contributed by atoms with van der Waals surface area (Å²) in [5.41, 5.74) is 11.5. The number of hydrogen-bond acceptors (Lipinski definition) is 4. The Bertz CT molecular complexity index is 3410. The molecular formula is C52H33N5O. The van der Waals surface area contributed by atoms with Crippen LogP contribution in [0.25, 0.3) is 111 Å². The number of furan rings is 1. The molecule has 0 fully saturated rings. The molecule has 0 bridgehead atoms. The van der Waals surface area contributed by atoms with Crippen molar-refractivity contribution in [3.05, 3.63) is 188 Å². The molecule has 4 heterocycles. The third kappa shape index (κ3) is 4.69. The summed E-state index contributed by atoms with van der Waals surface area (Å²) in [6.45, 7) is 2.20. The van der Waals surface area contributed by atoms with E-state index >= 15 is 0 Å². The normalized spacial score (nSPS) is 11.9. The number of benzene rings is 8. The molecule has 6 heteroatoms. The predicted octanol–water partition coefficient (Wildman–Crippen LogP) is 13.3. The highest BCUT2D eigenvalue weighted by Crippen LogP contribution is 2.49. The average molecular weight is 744 g/mol. The minimum Gasteiger partial charge on any atom is -0.454 e. The minimum atomic E-state index is 0.580. The van der Waals surface area contributed by atoms with Gasteiger partial charge in [-0.05, 0) is 42.8 Å². The van der Waals surface area contributed by atoms with Gasteiger partial charge in [0, 0.05) is 49.0 Å². The van der Waals surface area contributed by atoms with E-state index in [0.29, 0.717) is 17.5 Å². The topological polar surface area (TPSA) is 61.7 Å². The maximum absolute atomic E-state index is 7.14. The van der Waals surface area contributed by atoms with E-state index in [1.165, 1.54) is 0 Å². The summed E-state index contributed by atoms with van der Waals surface area (Å²) in [7, 11) is 0. The van der Waals surface area contributed by atoms with Crippen molar-refractivity contribution >= 4 is 65.6 Å². The van der Waals surface area contributed by atoms with E-state index in [1.807, 2.05) is 42.5 Å². The number of fused-ring (bicyclic) bond motifs is 9. The maximum Gasteiger partial charge on any atom is 0.166 e. The van der Waals surface area contributed by atoms with Gasteiger partial charge in [0.25, 0.3) is 0 Å². The second-order valence-electron chi connectivity index (χ2n) is 14.8. The van der Waals surface area contributed by atoms with Crippen LogP contribution in [-0.2, 0) is 0 Å². The molecule has 0 aliphatic rings. The minimum absolute atomic E-state index is 0.580. The summed E-state index contributed by atoms with van der Waals surface area (Å²) in [6.07, 6.45) is 0. The first kappa shape index (κ1) is 32.4. The Morgan fingerprint density at radius 2 is 0.759 bits per heavy atom. The van der Waals surface area contributed by atoms with E-state index < -0.39 is 0 Å². The Morgan fingerprint density at radius 3 is 1.24 bits per heavy atom. The number of aryl methyl sites for hydroxylation is 1. The summed E-state index contributed by atoms with van der Waals surface area (Å²) in [4.78, 5) is 16.0. The first-order valence-electron chi connectivity index (χ1n) is 19.5. The summed E-state index contributed by atoms with van der Waals surface area (Å²) >= 11 is 0. The van der Waals surface area contributed by atoms with Gasteiger partial charge in [0.05, 0.1) is 27.8 Å². The summed E-state index contributed by atoms with van der Waals surface area (Å²) < 4.78 is 11.9. The lowest BCUT2D eigenvalue weighted by atomic mass is 9.96. The number of aromatic nitrogens is 5. The quantitative estimate of drug-likeness (QED) is 0.176. The molecule has 0 saturated carbocycles. The molecule has 272 valence electrons. The van der Waals surface area contributed by atoms with Crippen molar-refractivity contribution in [3.63, 3.8) is 0 Å². The van der Waals surface area contributed by atoms with Gasteiger partial charge in [-0.2, -0.15) is 0 Å². The Labute approximate surface area is 332 Å². The Morgan fingerprint density at radius 1 is 0.379 bits per heavy atom. The van der Waals surface area contributed by atoms with Gasteiger partial charge in [-0.15, -0.1) is 0 Å². The van der Waals surface area contributed by atoms with Crippen molar-refractivity contribution in [2.45, 2.75) is 6.92 Å². The Hall–Kier alpha value is -7.83. The van der Waals surface area contributed by atoms with Gasteiger partial charge < -0.3 is 13.6 Å². The zero-order valence-electron chi connectivity index (χ0n) is 31.5. The first-order chi connectivity index (χ1) is 28.7. The lowest BCUT2D eigenvalue weighted by Gasteiger charge is -2.23. The fourth-order valence-electron chi connectivity index (χ4n) is 9.06. The highest BCUT2D eigenvalue weighted by Gasteiger charge is 2.31. The fraction of sp³-hybridized carbons (Fsp3) is 0.0192. The first-order valence-corrected chi connectivity index (χ1v) is 19.5. The van der Waals surface area contributed by atoms with Crippen molar-refractivity contribution < 1.29 is 4.42 Å². The number of rotatable bonds is 5. The van der Waals surface area contributed by atoms with Crippen molar-refractivity contribution in [3.8, 4) is 45.5 Å².